The molecule has 44 heavy (non-hydrogen) atoms. The van der Waals surface area contributed by atoms with E-state index in [1.165, 1.54) is 33.2 Å². The lowest BCUT2D eigenvalue weighted by atomic mass is 9.83. The van der Waals surface area contributed by atoms with Gasteiger partial charge in [-0.3, -0.25) is 9.36 Å². The normalized spacial score (nSPS) is 15.8. The molecule has 8 rings (SSSR count). The number of ether oxygens (including phenoxy) is 1. The average Bonchev–Trinajstić information content (AvgIpc) is 3.37. The van der Waals surface area contributed by atoms with Crippen molar-refractivity contribution < 1.29 is 4.74 Å². The largest absolute Gasteiger partial charge is 0.489 e. The van der Waals surface area contributed by atoms with E-state index in [0.717, 1.165) is 46.5 Å². The van der Waals surface area contributed by atoms with Gasteiger partial charge in [0.25, 0.3) is 5.56 Å². The molecule has 0 radical (unpaired) electrons. The smallest absolute Gasteiger partial charge is 0.271 e. The lowest BCUT2D eigenvalue weighted by Crippen LogP contribution is -2.38. The highest BCUT2D eigenvalue weighted by atomic mass is 35.5. The van der Waals surface area contributed by atoms with Crippen molar-refractivity contribution in [1.29, 1.82) is 0 Å². The Morgan fingerprint density at radius 2 is 1.68 bits per heavy atom. The van der Waals surface area contributed by atoms with Crippen LogP contribution in [0, 0.1) is 0 Å². The third-order valence-electron chi connectivity index (χ3n) is 8.49. The van der Waals surface area contributed by atoms with E-state index in [1.54, 1.807) is 0 Å². The van der Waals surface area contributed by atoms with E-state index in [1.807, 2.05) is 65.2 Å². The van der Waals surface area contributed by atoms with Crippen LogP contribution < -0.4 is 19.6 Å². The van der Waals surface area contributed by atoms with E-state index in [-0.39, 0.29) is 11.6 Å². The third kappa shape index (κ3) is 4.79. The summed E-state index contributed by atoms with van der Waals surface area (Å²) < 4.78 is 8.75. The number of hydrogen-bond donors (Lipinski definition) is 0. The second-order valence-electron chi connectivity index (χ2n) is 11.2. The lowest BCUT2D eigenvalue weighted by Gasteiger charge is -2.30. The number of rotatable bonds is 5. The van der Waals surface area contributed by atoms with E-state index in [9.17, 15) is 4.79 Å². The van der Waals surface area contributed by atoms with E-state index in [2.05, 4.69) is 60.7 Å². The fourth-order valence-corrected chi connectivity index (χ4v) is 7.52. The number of fused-ring (bicyclic) bond motifs is 4. The number of aryl methyl sites for hydroxylation is 1. The first-order valence-corrected chi connectivity index (χ1v) is 15.9. The molecule has 6 aromatic rings. The molecule has 4 nitrogen and oxygen atoms in total. The Labute approximate surface area is 263 Å². The van der Waals surface area contributed by atoms with Crippen LogP contribution in [0.25, 0.3) is 22.5 Å². The summed E-state index contributed by atoms with van der Waals surface area (Å²) in [7, 11) is 0. The second kappa shape index (κ2) is 11.1. The van der Waals surface area contributed by atoms with Gasteiger partial charge in [-0.05, 0) is 81.8 Å². The summed E-state index contributed by atoms with van der Waals surface area (Å²) in [6.07, 6.45) is 3.72. The van der Waals surface area contributed by atoms with E-state index >= 15 is 0 Å². The maximum absolute atomic E-state index is 14.1. The molecule has 2 aliphatic rings. The van der Waals surface area contributed by atoms with Crippen LogP contribution in [0.4, 0.5) is 0 Å². The third-order valence-corrected chi connectivity index (χ3v) is 9.72. The Bertz CT molecular complexity index is 2280. The number of benzene rings is 5. The molecule has 0 unspecified atom stereocenters. The van der Waals surface area contributed by atoms with E-state index in [4.69, 9.17) is 21.3 Å². The van der Waals surface area contributed by atoms with Crippen LogP contribution in [-0.4, -0.2) is 4.57 Å². The minimum Gasteiger partial charge on any atom is -0.489 e. The molecule has 0 saturated heterocycles. The minimum atomic E-state index is -0.232. The Morgan fingerprint density at radius 1 is 0.886 bits per heavy atom. The molecule has 0 amide bonds. The molecule has 0 saturated carbocycles. The van der Waals surface area contributed by atoms with Crippen LogP contribution in [0.3, 0.4) is 0 Å². The predicted molar refractivity (Wildman–Crippen MR) is 179 cm³/mol. The first-order chi connectivity index (χ1) is 21.6. The zero-order valence-electron chi connectivity index (χ0n) is 23.7. The quantitative estimate of drug-likeness (QED) is 0.201. The van der Waals surface area contributed by atoms with Gasteiger partial charge in [0.05, 0.1) is 16.3 Å². The SMILES string of the molecule is O=c1/c(=C\c2cccc(OCc3cccc4ccccc34)c2)sc2n1[C@H](c1ccc(Cl)cc1)C1=C(N=2)c2ccccc2CC1. The summed E-state index contributed by atoms with van der Waals surface area (Å²) in [5, 5.41) is 3.06. The Morgan fingerprint density at radius 3 is 2.59 bits per heavy atom. The van der Waals surface area contributed by atoms with Gasteiger partial charge in [-0.2, -0.15) is 0 Å². The highest BCUT2D eigenvalue weighted by molar-refractivity contribution is 7.07. The summed E-state index contributed by atoms with van der Waals surface area (Å²) in [5.74, 6) is 0.755. The highest BCUT2D eigenvalue weighted by Crippen LogP contribution is 2.41. The monoisotopic (exact) mass is 610 g/mol. The zero-order chi connectivity index (χ0) is 29.6. The van der Waals surface area contributed by atoms with Crippen molar-refractivity contribution in [2.45, 2.75) is 25.5 Å². The number of hydrogen-bond acceptors (Lipinski definition) is 4. The van der Waals surface area contributed by atoms with Gasteiger partial charge in [0.1, 0.15) is 12.4 Å². The van der Waals surface area contributed by atoms with Gasteiger partial charge in [-0.1, -0.05) is 114 Å². The first-order valence-electron chi connectivity index (χ1n) is 14.7. The molecule has 1 atom stereocenters. The van der Waals surface area contributed by atoms with Crippen molar-refractivity contribution in [1.82, 2.24) is 4.57 Å². The first kappa shape index (κ1) is 26.9. The van der Waals surface area contributed by atoms with E-state index < -0.39 is 0 Å². The standard InChI is InChI=1S/C38H27ClN2O2S/c39-29-18-15-27(16-19-29)36-33-20-17-26-9-2-4-14-32(26)35(33)40-38-41(36)37(42)34(44-38)22-24-7-5-12-30(21-24)43-23-28-11-6-10-25-8-1-3-13-31(25)28/h1-16,18-19,21-22,36H,17,20,23H2/b34-22+/t36-/m1/s1. The van der Waals surface area contributed by atoms with Gasteiger partial charge >= 0.3 is 0 Å². The Balaban J connectivity index is 1.19. The van der Waals surface area contributed by atoms with Gasteiger partial charge in [0.2, 0.25) is 0 Å². The number of thiazole rings is 1. The van der Waals surface area contributed by atoms with Crippen molar-refractivity contribution in [3.63, 3.8) is 0 Å². The Kier molecular flexibility index (Phi) is 6.78. The molecule has 0 fully saturated rings. The molecule has 1 aliphatic heterocycles. The predicted octanol–water partition coefficient (Wildman–Crippen LogP) is 7.70. The van der Waals surface area contributed by atoms with Crippen molar-refractivity contribution in [3.8, 4) is 5.75 Å². The molecule has 6 heteroatoms. The number of allylic oxidation sites excluding steroid dienone is 1. The fourth-order valence-electron chi connectivity index (χ4n) is 6.39. The van der Waals surface area contributed by atoms with Gasteiger partial charge in [-0.15, -0.1) is 0 Å². The van der Waals surface area contributed by atoms with Crippen LogP contribution in [0.15, 0.2) is 131 Å². The summed E-state index contributed by atoms with van der Waals surface area (Å²) >= 11 is 7.70. The lowest BCUT2D eigenvalue weighted by molar-refractivity contribution is 0.307. The molecule has 1 aromatic heterocycles. The molecule has 0 bridgehead atoms. The molecule has 1 aliphatic carbocycles. The maximum Gasteiger partial charge on any atom is 0.271 e. The van der Waals surface area contributed by atoms with Crippen LogP contribution in [0.1, 0.15) is 40.3 Å². The molecule has 0 spiro atoms. The summed E-state index contributed by atoms with van der Waals surface area (Å²) in [6.45, 7) is 0.459. The summed E-state index contributed by atoms with van der Waals surface area (Å²) in [5.41, 5.74) is 7.65. The van der Waals surface area contributed by atoms with Crippen LogP contribution in [0.5, 0.6) is 5.75 Å². The molecular weight excluding hydrogens is 584 g/mol. The van der Waals surface area contributed by atoms with Gasteiger partial charge in [-0.25, -0.2) is 4.99 Å². The highest BCUT2D eigenvalue weighted by Gasteiger charge is 2.32. The Hall–Kier alpha value is -4.71. The summed E-state index contributed by atoms with van der Waals surface area (Å²) in [6, 6.07) is 38.6. The van der Waals surface area contributed by atoms with Crippen molar-refractivity contribution in [2.75, 3.05) is 0 Å². The second-order valence-corrected chi connectivity index (χ2v) is 12.6. The van der Waals surface area contributed by atoms with Crippen molar-refractivity contribution >= 4 is 45.5 Å². The maximum atomic E-state index is 14.1. The van der Waals surface area contributed by atoms with Crippen LogP contribution in [0.2, 0.25) is 5.02 Å². The topological polar surface area (TPSA) is 43.6 Å². The van der Waals surface area contributed by atoms with E-state index in [0.29, 0.717) is 21.0 Å². The molecule has 0 N–H and O–H groups in total. The van der Waals surface area contributed by atoms with Crippen molar-refractivity contribution in [2.24, 2.45) is 4.99 Å². The van der Waals surface area contributed by atoms with Crippen LogP contribution in [-0.2, 0) is 13.0 Å². The number of aromatic nitrogens is 1. The minimum absolute atomic E-state index is 0.0406. The van der Waals surface area contributed by atoms with Crippen LogP contribution >= 0.6 is 22.9 Å². The number of nitrogens with zero attached hydrogens (tertiary/aromatic N) is 2. The average molecular weight is 611 g/mol. The molecule has 2 heterocycles. The van der Waals surface area contributed by atoms with Gasteiger partial charge in [0, 0.05) is 10.6 Å². The molecular formula is C38H27ClN2O2S. The van der Waals surface area contributed by atoms with Crippen molar-refractivity contribution in [3.05, 3.63) is 173 Å². The number of halogens is 1. The van der Waals surface area contributed by atoms with Gasteiger partial charge < -0.3 is 4.74 Å². The van der Waals surface area contributed by atoms with Gasteiger partial charge in [0.15, 0.2) is 4.80 Å². The fraction of sp³-hybridized carbons (Fsp3) is 0.105. The summed E-state index contributed by atoms with van der Waals surface area (Å²) in [4.78, 5) is 19.9. The molecule has 5 aromatic carbocycles. The molecule has 214 valence electrons. The zero-order valence-corrected chi connectivity index (χ0v) is 25.3.